The zero-order chi connectivity index (χ0) is 19.7. The third kappa shape index (κ3) is 7.19. The molecule has 0 spiro atoms. The Morgan fingerprint density at radius 2 is 1.85 bits per heavy atom. The van der Waals surface area contributed by atoms with Crippen LogP contribution in [0.1, 0.15) is 26.3 Å². The van der Waals surface area contributed by atoms with Gasteiger partial charge in [-0.25, -0.2) is 0 Å². The molecule has 7 heteroatoms. The molecule has 0 bridgehead atoms. The summed E-state index contributed by atoms with van der Waals surface area (Å²) in [6.45, 7) is 11.1. The molecular formula is C20H33N5O2. The molecule has 1 heterocycles. The number of benzene rings is 1. The van der Waals surface area contributed by atoms with Crippen LogP contribution in [0.25, 0.3) is 0 Å². The van der Waals surface area contributed by atoms with Crippen LogP contribution in [0, 0.1) is 0 Å². The second-order valence-electron chi connectivity index (χ2n) is 7.39. The number of rotatable bonds is 7. The van der Waals surface area contributed by atoms with Crippen molar-refractivity contribution in [1.29, 1.82) is 0 Å². The van der Waals surface area contributed by atoms with Gasteiger partial charge in [-0.05, 0) is 38.0 Å². The minimum atomic E-state index is -0.0562. The van der Waals surface area contributed by atoms with E-state index in [-0.39, 0.29) is 11.4 Å². The molecule has 0 saturated carbocycles. The number of hydrogen-bond acceptors (Lipinski definition) is 4. The molecule has 3 N–H and O–H groups in total. The summed E-state index contributed by atoms with van der Waals surface area (Å²) < 4.78 is 5.44. The zero-order valence-corrected chi connectivity index (χ0v) is 17.0. The van der Waals surface area contributed by atoms with Crippen molar-refractivity contribution in [3.8, 4) is 0 Å². The van der Waals surface area contributed by atoms with Crippen molar-refractivity contribution in [3.05, 3.63) is 29.8 Å². The van der Waals surface area contributed by atoms with E-state index in [0.717, 1.165) is 57.5 Å². The van der Waals surface area contributed by atoms with E-state index < -0.39 is 0 Å². The van der Waals surface area contributed by atoms with E-state index in [4.69, 9.17) is 4.74 Å². The summed E-state index contributed by atoms with van der Waals surface area (Å²) >= 11 is 0. The molecular weight excluding hydrogens is 342 g/mol. The first-order valence-corrected chi connectivity index (χ1v) is 9.54. The molecule has 150 valence electrons. The third-order valence-corrected chi connectivity index (χ3v) is 4.76. The lowest BCUT2D eigenvalue weighted by atomic mass is 10.0. The fourth-order valence-corrected chi connectivity index (χ4v) is 3.08. The van der Waals surface area contributed by atoms with Crippen molar-refractivity contribution in [3.63, 3.8) is 0 Å². The topological polar surface area (TPSA) is 78.0 Å². The highest BCUT2D eigenvalue weighted by Gasteiger charge is 2.28. The third-order valence-electron chi connectivity index (χ3n) is 4.76. The van der Waals surface area contributed by atoms with Crippen LogP contribution in [0.4, 0.5) is 5.69 Å². The summed E-state index contributed by atoms with van der Waals surface area (Å²) in [5.74, 6) is 0.755. The van der Waals surface area contributed by atoms with Crippen LogP contribution in [-0.4, -0.2) is 68.7 Å². The van der Waals surface area contributed by atoms with Crippen molar-refractivity contribution in [2.45, 2.75) is 32.7 Å². The molecule has 0 unspecified atom stereocenters. The maximum absolute atomic E-state index is 11.1. The fraction of sp³-hybridized carbons (Fsp3) is 0.600. The van der Waals surface area contributed by atoms with Crippen molar-refractivity contribution in [2.75, 3.05) is 51.8 Å². The van der Waals surface area contributed by atoms with Crippen molar-refractivity contribution in [1.82, 2.24) is 15.5 Å². The standard InChI is InChI=1S/C20H33N5O2/c1-16(26)24-18-7-5-17(6-8-18)9-10-22-19(21-4)23-15-20(2,3)25-11-13-27-14-12-25/h5-8H,9-15H2,1-4H3,(H,24,26)(H2,21,22,23). The number of nitrogens with zero attached hydrogens (tertiary/aromatic N) is 2. The number of morpholine rings is 1. The number of carbonyl (C=O) groups excluding carboxylic acids is 1. The second-order valence-corrected chi connectivity index (χ2v) is 7.39. The van der Waals surface area contributed by atoms with Crippen molar-refractivity contribution >= 4 is 17.6 Å². The summed E-state index contributed by atoms with van der Waals surface area (Å²) in [5.41, 5.74) is 2.07. The molecule has 7 nitrogen and oxygen atoms in total. The lowest BCUT2D eigenvalue weighted by Crippen LogP contribution is -2.56. The van der Waals surface area contributed by atoms with Gasteiger partial charge in [-0.1, -0.05) is 12.1 Å². The molecule has 2 rings (SSSR count). The van der Waals surface area contributed by atoms with E-state index in [1.165, 1.54) is 12.5 Å². The minimum absolute atomic E-state index is 0.0426. The lowest BCUT2D eigenvalue weighted by Gasteiger charge is -2.41. The van der Waals surface area contributed by atoms with E-state index in [1.54, 1.807) is 7.05 Å². The van der Waals surface area contributed by atoms with Crippen LogP contribution in [0.3, 0.4) is 0 Å². The van der Waals surface area contributed by atoms with Gasteiger partial charge in [0.1, 0.15) is 0 Å². The summed E-state index contributed by atoms with van der Waals surface area (Å²) in [5, 5.41) is 9.58. The van der Waals surface area contributed by atoms with Gasteiger partial charge in [-0.15, -0.1) is 0 Å². The fourth-order valence-electron chi connectivity index (χ4n) is 3.08. The predicted octanol–water partition coefficient (Wildman–Crippen LogP) is 1.46. The Labute approximate surface area is 162 Å². The molecule has 0 radical (unpaired) electrons. The van der Waals surface area contributed by atoms with Gasteiger partial charge in [0.15, 0.2) is 5.96 Å². The highest BCUT2D eigenvalue weighted by Crippen LogP contribution is 2.15. The van der Waals surface area contributed by atoms with Gasteiger partial charge in [0, 0.05) is 51.4 Å². The maximum Gasteiger partial charge on any atom is 0.221 e. The number of carbonyl (C=O) groups is 1. The number of guanidine groups is 1. The van der Waals surface area contributed by atoms with Gasteiger partial charge in [0.05, 0.1) is 13.2 Å². The Morgan fingerprint density at radius 3 is 2.44 bits per heavy atom. The number of ether oxygens (including phenoxy) is 1. The Balaban J connectivity index is 1.74. The van der Waals surface area contributed by atoms with Gasteiger partial charge >= 0.3 is 0 Å². The largest absolute Gasteiger partial charge is 0.379 e. The summed E-state index contributed by atoms with van der Waals surface area (Å²) in [6.07, 6.45) is 0.883. The van der Waals surface area contributed by atoms with Crippen LogP contribution < -0.4 is 16.0 Å². The first-order chi connectivity index (χ1) is 12.9. The Bertz CT molecular complexity index is 622. The van der Waals surface area contributed by atoms with E-state index >= 15 is 0 Å². The van der Waals surface area contributed by atoms with Crippen LogP contribution in [0.15, 0.2) is 29.3 Å². The molecule has 27 heavy (non-hydrogen) atoms. The first-order valence-electron chi connectivity index (χ1n) is 9.54. The second kappa shape index (κ2) is 10.3. The van der Waals surface area contributed by atoms with E-state index in [1.807, 2.05) is 24.3 Å². The molecule has 1 saturated heterocycles. The van der Waals surface area contributed by atoms with E-state index in [9.17, 15) is 4.79 Å². The van der Waals surface area contributed by atoms with Crippen LogP contribution >= 0.6 is 0 Å². The van der Waals surface area contributed by atoms with Gasteiger partial charge in [0.25, 0.3) is 0 Å². The molecule has 1 aliphatic heterocycles. The summed E-state index contributed by atoms with van der Waals surface area (Å²) in [7, 11) is 1.79. The SMILES string of the molecule is CN=C(NCCc1ccc(NC(C)=O)cc1)NCC(C)(C)N1CCOCC1. The molecule has 1 aromatic rings. The average Bonchev–Trinajstić information content (AvgIpc) is 2.66. The predicted molar refractivity (Wildman–Crippen MR) is 110 cm³/mol. The van der Waals surface area contributed by atoms with Gasteiger partial charge in [0.2, 0.25) is 5.91 Å². The van der Waals surface area contributed by atoms with Gasteiger partial charge < -0.3 is 20.7 Å². The Hall–Kier alpha value is -2.12. The molecule has 1 aliphatic rings. The highest BCUT2D eigenvalue weighted by atomic mass is 16.5. The van der Waals surface area contributed by atoms with Gasteiger partial charge in [-0.3, -0.25) is 14.7 Å². The zero-order valence-electron chi connectivity index (χ0n) is 17.0. The minimum Gasteiger partial charge on any atom is -0.379 e. The quantitative estimate of drug-likeness (QED) is 0.497. The van der Waals surface area contributed by atoms with Crippen molar-refractivity contribution in [2.24, 2.45) is 4.99 Å². The smallest absolute Gasteiger partial charge is 0.221 e. The average molecular weight is 376 g/mol. The van der Waals surface area contributed by atoms with Crippen LogP contribution in [0.2, 0.25) is 0 Å². The molecule has 1 aromatic carbocycles. The highest BCUT2D eigenvalue weighted by molar-refractivity contribution is 5.88. The summed E-state index contributed by atoms with van der Waals surface area (Å²) in [6, 6.07) is 7.92. The number of amides is 1. The monoisotopic (exact) mass is 375 g/mol. The number of hydrogen-bond donors (Lipinski definition) is 3. The first kappa shape index (κ1) is 21.2. The lowest BCUT2D eigenvalue weighted by molar-refractivity contribution is -0.114. The van der Waals surface area contributed by atoms with E-state index in [0.29, 0.717) is 0 Å². The van der Waals surface area contributed by atoms with Gasteiger partial charge in [-0.2, -0.15) is 0 Å². The maximum atomic E-state index is 11.1. The Morgan fingerprint density at radius 1 is 1.19 bits per heavy atom. The molecule has 1 amide bonds. The molecule has 0 aliphatic carbocycles. The van der Waals surface area contributed by atoms with Crippen LogP contribution in [0.5, 0.6) is 0 Å². The normalized spacial score (nSPS) is 16.1. The molecule has 0 atom stereocenters. The van der Waals surface area contributed by atoms with E-state index in [2.05, 4.69) is 39.7 Å². The summed E-state index contributed by atoms with van der Waals surface area (Å²) in [4.78, 5) is 17.8. The Kier molecular flexibility index (Phi) is 8.06. The van der Waals surface area contributed by atoms with Crippen LogP contribution in [-0.2, 0) is 16.0 Å². The number of aliphatic imine (C=N–C) groups is 1. The molecule has 1 fully saturated rings. The number of nitrogens with one attached hydrogen (secondary N) is 3. The van der Waals surface area contributed by atoms with Crippen molar-refractivity contribution < 1.29 is 9.53 Å². The number of anilines is 1. The molecule has 0 aromatic heterocycles.